The molecule has 0 saturated carbocycles. The molecule has 0 atom stereocenters. The maximum Gasteiger partial charge on any atom is 0.122 e. The lowest BCUT2D eigenvalue weighted by atomic mass is 10.2. The van der Waals surface area contributed by atoms with Gasteiger partial charge >= 0.3 is 0 Å². The van der Waals surface area contributed by atoms with E-state index in [0.29, 0.717) is 33.1 Å². The lowest BCUT2D eigenvalue weighted by Gasteiger charge is -2.09. The maximum absolute atomic E-state index is 6.04. The highest BCUT2D eigenvalue weighted by atomic mass is 35.5. The molecule has 0 fully saturated rings. The van der Waals surface area contributed by atoms with Crippen molar-refractivity contribution in [1.82, 2.24) is 0 Å². The molecule has 0 spiro atoms. The van der Waals surface area contributed by atoms with Crippen molar-refractivity contribution in [3.05, 3.63) is 57.0 Å². The monoisotopic (exact) mass is 301 g/mol. The molecule has 0 aliphatic carbocycles. The first-order valence-corrected chi connectivity index (χ1v) is 6.31. The van der Waals surface area contributed by atoms with E-state index in [-0.39, 0.29) is 0 Å². The summed E-state index contributed by atoms with van der Waals surface area (Å²) in [7, 11) is 0. The van der Waals surface area contributed by atoms with Gasteiger partial charge in [-0.15, -0.1) is 0 Å². The van der Waals surface area contributed by atoms with Crippen molar-refractivity contribution in [2.75, 3.05) is 5.73 Å². The summed E-state index contributed by atoms with van der Waals surface area (Å²) in [5, 5.41) is 1.66. The van der Waals surface area contributed by atoms with Crippen LogP contribution in [0.4, 0.5) is 5.69 Å². The molecule has 0 bridgehead atoms. The van der Waals surface area contributed by atoms with Crippen molar-refractivity contribution in [2.24, 2.45) is 0 Å². The van der Waals surface area contributed by atoms with Crippen LogP contribution in [0.5, 0.6) is 5.75 Å². The molecule has 2 rings (SSSR count). The third-order valence-electron chi connectivity index (χ3n) is 2.30. The van der Waals surface area contributed by atoms with Gasteiger partial charge in [0, 0.05) is 26.3 Å². The Balaban J connectivity index is 2.13. The topological polar surface area (TPSA) is 35.2 Å². The largest absolute Gasteiger partial charge is 0.489 e. The lowest BCUT2D eigenvalue weighted by Crippen LogP contribution is -1.98. The van der Waals surface area contributed by atoms with Gasteiger partial charge in [-0.3, -0.25) is 0 Å². The highest BCUT2D eigenvalue weighted by Gasteiger charge is 2.04. The molecule has 2 aromatic carbocycles. The second kappa shape index (κ2) is 5.70. The second-order valence-corrected chi connectivity index (χ2v) is 5.02. The fraction of sp³-hybridized carbons (Fsp3) is 0.0769. The van der Waals surface area contributed by atoms with Crippen LogP contribution in [-0.4, -0.2) is 0 Å². The molecule has 0 aromatic heterocycles. The molecule has 2 aromatic rings. The molecular formula is C13H10Cl3NO. The van der Waals surface area contributed by atoms with Crippen molar-refractivity contribution in [2.45, 2.75) is 6.61 Å². The van der Waals surface area contributed by atoms with E-state index in [1.807, 2.05) is 0 Å². The van der Waals surface area contributed by atoms with Crippen LogP contribution in [0.2, 0.25) is 15.1 Å². The number of hydrogen-bond acceptors (Lipinski definition) is 2. The number of anilines is 1. The summed E-state index contributed by atoms with van der Waals surface area (Å²) < 4.78 is 5.58. The third-order valence-corrected chi connectivity index (χ3v) is 3.11. The zero-order chi connectivity index (χ0) is 13.1. The third kappa shape index (κ3) is 3.45. The Morgan fingerprint density at radius 3 is 2.28 bits per heavy atom. The van der Waals surface area contributed by atoms with Crippen molar-refractivity contribution < 1.29 is 4.74 Å². The summed E-state index contributed by atoms with van der Waals surface area (Å²) in [6, 6.07) is 10.3. The van der Waals surface area contributed by atoms with E-state index in [4.69, 9.17) is 45.3 Å². The molecule has 0 heterocycles. The SMILES string of the molecule is Nc1ccc(Cl)c(COc2cc(Cl)cc(Cl)c2)c1. The van der Waals surface area contributed by atoms with E-state index in [9.17, 15) is 0 Å². The summed E-state index contributed by atoms with van der Waals surface area (Å²) >= 11 is 17.8. The number of rotatable bonds is 3. The van der Waals surface area contributed by atoms with Crippen LogP contribution in [0, 0.1) is 0 Å². The normalized spacial score (nSPS) is 10.4. The van der Waals surface area contributed by atoms with Gasteiger partial charge in [0.1, 0.15) is 12.4 Å². The first-order chi connectivity index (χ1) is 8.54. The molecule has 2 N–H and O–H groups in total. The van der Waals surface area contributed by atoms with Crippen LogP contribution in [0.15, 0.2) is 36.4 Å². The average molecular weight is 303 g/mol. The molecule has 5 heteroatoms. The van der Waals surface area contributed by atoms with Gasteiger partial charge in [-0.05, 0) is 36.4 Å². The smallest absolute Gasteiger partial charge is 0.122 e. The summed E-state index contributed by atoms with van der Waals surface area (Å²) in [4.78, 5) is 0. The van der Waals surface area contributed by atoms with E-state index in [1.165, 1.54) is 0 Å². The van der Waals surface area contributed by atoms with E-state index >= 15 is 0 Å². The number of hydrogen-bond donors (Lipinski definition) is 1. The molecule has 18 heavy (non-hydrogen) atoms. The lowest BCUT2D eigenvalue weighted by molar-refractivity contribution is 0.306. The van der Waals surface area contributed by atoms with Crippen molar-refractivity contribution in [3.8, 4) is 5.75 Å². The quantitative estimate of drug-likeness (QED) is 0.826. The fourth-order valence-electron chi connectivity index (χ4n) is 1.48. The molecule has 2 nitrogen and oxygen atoms in total. The van der Waals surface area contributed by atoms with Crippen molar-refractivity contribution in [1.29, 1.82) is 0 Å². The van der Waals surface area contributed by atoms with Crippen LogP contribution in [0.1, 0.15) is 5.56 Å². The fourth-order valence-corrected chi connectivity index (χ4v) is 2.16. The Labute approximate surface area is 120 Å². The summed E-state index contributed by atoms with van der Waals surface area (Å²) in [5.74, 6) is 0.589. The van der Waals surface area contributed by atoms with Crippen LogP contribution in [0.3, 0.4) is 0 Å². The van der Waals surface area contributed by atoms with E-state index in [2.05, 4.69) is 0 Å². The van der Waals surface area contributed by atoms with Gasteiger partial charge in [0.15, 0.2) is 0 Å². The molecule has 0 saturated heterocycles. The van der Waals surface area contributed by atoms with Gasteiger partial charge in [0.05, 0.1) is 0 Å². The summed E-state index contributed by atoms with van der Waals surface area (Å²) in [5.41, 5.74) is 7.14. The minimum Gasteiger partial charge on any atom is -0.489 e. The van der Waals surface area contributed by atoms with Crippen LogP contribution >= 0.6 is 34.8 Å². The van der Waals surface area contributed by atoms with Gasteiger partial charge in [-0.2, -0.15) is 0 Å². The van der Waals surface area contributed by atoms with Gasteiger partial charge in [0.2, 0.25) is 0 Å². The highest BCUT2D eigenvalue weighted by molar-refractivity contribution is 6.34. The number of benzene rings is 2. The first kappa shape index (κ1) is 13.3. The van der Waals surface area contributed by atoms with Crippen LogP contribution in [0.25, 0.3) is 0 Å². The van der Waals surface area contributed by atoms with Crippen molar-refractivity contribution in [3.63, 3.8) is 0 Å². The van der Waals surface area contributed by atoms with Gasteiger partial charge in [-0.1, -0.05) is 34.8 Å². The van der Waals surface area contributed by atoms with E-state index < -0.39 is 0 Å². The Hall–Kier alpha value is -1.09. The van der Waals surface area contributed by atoms with Crippen LogP contribution < -0.4 is 10.5 Å². The number of halogens is 3. The Morgan fingerprint density at radius 2 is 1.61 bits per heavy atom. The molecule has 0 aliphatic heterocycles. The number of nitrogens with two attached hydrogens (primary N) is 1. The average Bonchev–Trinajstić information content (AvgIpc) is 2.29. The van der Waals surface area contributed by atoms with Crippen molar-refractivity contribution >= 4 is 40.5 Å². The predicted molar refractivity (Wildman–Crippen MR) is 76.7 cm³/mol. The zero-order valence-corrected chi connectivity index (χ0v) is 11.6. The predicted octanol–water partition coefficient (Wildman–Crippen LogP) is 4.81. The highest BCUT2D eigenvalue weighted by Crippen LogP contribution is 2.26. The minimum atomic E-state index is 0.306. The number of nitrogen functional groups attached to an aromatic ring is 1. The zero-order valence-electron chi connectivity index (χ0n) is 9.29. The van der Waals surface area contributed by atoms with E-state index in [1.54, 1.807) is 36.4 Å². The second-order valence-electron chi connectivity index (χ2n) is 3.74. The van der Waals surface area contributed by atoms with Gasteiger partial charge < -0.3 is 10.5 Å². The first-order valence-electron chi connectivity index (χ1n) is 5.17. The molecule has 0 amide bonds. The molecular weight excluding hydrogens is 293 g/mol. The van der Waals surface area contributed by atoms with Crippen LogP contribution in [-0.2, 0) is 6.61 Å². The molecule has 94 valence electrons. The molecule has 0 radical (unpaired) electrons. The maximum atomic E-state index is 6.04. The van der Waals surface area contributed by atoms with E-state index in [0.717, 1.165) is 5.56 Å². The number of ether oxygens (including phenoxy) is 1. The Morgan fingerprint density at radius 1 is 0.944 bits per heavy atom. The molecule has 0 unspecified atom stereocenters. The minimum absolute atomic E-state index is 0.306. The summed E-state index contributed by atoms with van der Waals surface area (Å²) in [6.07, 6.45) is 0. The van der Waals surface area contributed by atoms with Gasteiger partial charge in [0.25, 0.3) is 0 Å². The Kier molecular flexibility index (Phi) is 4.23. The molecule has 0 aliphatic rings. The summed E-state index contributed by atoms with van der Waals surface area (Å²) in [6.45, 7) is 0.306. The Bertz CT molecular complexity index is 552. The van der Waals surface area contributed by atoms with Gasteiger partial charge in [-0.25, -0.2) is 0 Å². The standard InChI is InChI=1S/C13H10Cl3NO/c14-9-4-10(15)6-12(5-9)18-7-8-3-11(17)1-2-13(8)16/h1-6H,7,17H2.